The van der Waals surface area contributed by atoms with Gasteiger partial charge in [0, 0.05) is 43.6 Å². The van der Waals surface area contributed by atoms with Crippen LogP contribution in [0.2, 0.25) is 0 Å². The predicted molar refractivity (Wildman–Crippen MR) is 97.0 cm³/mol. The third kappa shape index (κ3) is 5.02. The van der Waals surface area contributed by atoms with Crippen LogP contribution in [-0.2, 0) is 17.9 Å². The van der Waals surface area contributed by atoms with Gasteiger partial charge in [-0.05, 0) is 37.1 Å². The summed E-state index contributed by atoms with van der Waals surface area (Å²) >= 11 is 0. The number of hydrogen-bond donors (Lipinski definition) is 2. The van der Waals surface area contributed by atoms with Crippen LogP contribution in [-0.4, -0.2) is 39.4 Å². The Morgan fingerprint density at radius 1 is 1.35 bits per heavy atom. The van der Waals surface area contributed by atoms with Crippen molar-refractivity contribution in [1.82, 2.24) is 25.5 Å². The van der Waals surface area contributed by atoms with Crippen LogP contribution >= 0.6 is 0 Å². The molecule has 7 heteroatoms. The normalized spacial score (nSPS) is 16.2. The molecule has 2 aromatic heterocycles. The Morgan fingerprint density at radius 2 is 2.23 bits per heavy atom. The Hall–Kier alpha value is -2.96. The first-order chi connectivity index (χ1) is 12.6. The quantitative estimate of drug-likeness (QED) is 0.829. The number of urea groups is 1. The molecule has 1 saturated heterocycles. The summed E-state index contributed by atoms with van der Waals surface area (Å²) in [5, 5.41) is 5.84. The minimum atomic E-state index is -0.182. The maximum atomic E-state index is 12.7. The zero-order valence-electron chi connectivity index (χ0n) is 14.8. The SMILES string of the molecule is Cc1cccc(CNC(=O)N(Cc2cccnc2)C[C@@H]2CCC(=O)N2)n1. The van der Waals surface area contributed by atoms with Crippen LogP contribution < -0.4 is 10.6 Å². The molecule has 3 amide bonds. The molecule has 0 unspecified atom stereocenters. The van der Waals surface area contributed by atoms with E-state index in [1.165, 1.54) is 0 Å². The van der Waals surface area contributed by atoms with E-state index in [9.17, 15) is 9.59 Å². The minimum absolute atomic E-state index is 0.0120. The van der Waals surface area contributed by atoms with Gasteiger partial charge in [0.1, 0.15) is 0 Å². The summed E-state index contributed by atoms with van der Waals surface area (Å²) in [5.74, 6) is 0.0423. The van der Waals surface area contributed by atoms with E-state index in [0.717, 1.165) is 23.4 Å². The average Bonchev–Trinajstić information content (AvgIpc) is 3.05. The molecule has 7 nitrogen and oxygen atoms in total. The van der Waals surface area contributed by atoms with Crippen molar-refractivity contribution in [3.8, 4) is 0 Å². The predicted octanol–water partition coefficient (Wildman–Crippen LogP) is 1.78. The second-order valence-corrected chi connectivity index (χ2v) is 6.47. The molecule has 2 aromatic rings. The van der Waals surface area contributed by atoms with Gasteiger partial charge in [-0.3, -0.25) is 14.8 Å². The number of nitrogens with zero attached hydrogens (tertiary/aromatic N) is 3. The number of carbonyl (C=O) groups excluding carboxylic acids is 2. The lowest BCUT2D eigenvalue weighted by Gasteiger charge is -2.26. The number of hydrogen-bond acceptors (Lipinski definition) is 4. The maximum Gasteiger partial charge on any atom is 0.318 e. The summed E-state index contributed by atoms with van der Waals surface area (Å²) in [6.07, 6.45) is 4.71. The highest BCUT2D eigenvalue weighted by Crippen LogP contribution is 2.11. The van der Waals surface area contributed by atoms with Gasteiger partial charge < -0.3 is 15.5 Å². The molecule has 0 bridgehead atoms. The van der Waals surface area contributed by atoms with Gasteiger partial charge in [0.15, 0.2) is 0 Å². The second kappa shape index (κ2) is 8.42. The number of amides is 3. The van der Waals surface area contributed by atoms with Crippen LogP contribution in [0.15, 0.2) is 42.7 Å². The number of aryl methyl sites for hydroxylation is 1. The Kier molecular flexibility index (Phi) is 5.78. The van der Waals surface area contributed by atoms with Gasteiger partial charge in [0.25, 0.3) is 0 Å². The number of pyridine rings is 2. The van der Waals surface area contributed by atoms with Crippen molar-refractivity contribution in [1.29, 1.82) is 0 Å². The molecular weight excluding hydrogens is 330 g/mol. The molecule has 1 aliphatic rings. The molecule has 0 spiro atoms. The van der Waals surface area contributed by atoms with E-state index >= 15 is 0 Å². The molecular formula is C19H23N5O2. The van der Waals surface area contributed by atoms with Crippen LogP contribution in [0, 0.1) is 6.92 Å². The summed E-state index contributed by atoms with van der Waals surface area (Å²) in [6.45, 7) is 3.19. The van der Waals surface area contributed by atoms with Crippen molar-refractivity contribution in [2.24, 2.45) is 0 Å². The lowest BCUT2D eigenvalue weighted by molar-refractivity contribution is -0.119. The van der Waals surface area contributed by atoms with Crippen LogP contribution in [0.1, 0.15) is 29.8 Å². The number of nitrogens with one attached hydrogen (secondary N) is 2. The molecule has 0 saturated carbocycles. The minimum Gasteiger partial charge on any atom is -0.352 e. The molecule has 0 aromatic carbocycles. The van der Waals surface area contributed by atoms with Crippen molar-refractivity contribution in [3.05, 3.63) is 59.7 Å². The number of aromatic nitrogens is 2. The molecule has 26 heavy (non-hydrogen) atoms. The highest BCUT2D eigenvalue weighted by Gasteiger charge is 2.25. The Labute approximate surface area is 152 Å². The van der Waals surface area contributed by atoms with Crippen molar-refractivity contribution in [2.45, 2.75) is 38.9 Å². The fourth-order valence-corrected chi connectivity index (χ4v) is 2.99. The van der Waals surface area contributed by atoms with E-state index in [-0.39, 0.29) is 18.0 Å². The second-order valence-electron chi connectivity index (χ2n) is 6.47. The largest absolute Gasteiger partial charge is 0.352 e. The van der Waals surface area contributed by atoms with E-state index < -0.39 is 0 Å². The zero-order valence-corrected chi connectivity index (χ0v) is 14.8. The third-order valence-corrected chi connectivity index (χ3v) is 4.28. The zero-order chi connectivity index (χ0) is 18.4. The fourth-order valence-electron chi connectivity index (χ4n) is 2.99. The van der Waals surface area contributed by atoms with Gasteiger partial charge in [0.2, 0.25) is 5.91 Å². The Bertz CT molecular complexity index is 766. The summed E-state index contributed by atoms with van der Waals surface area (Å²) in [6, 6.07) is 9.31. The van der Waals surface area contributed by atoms with E-state index in [1.807, 2.05) is 37.3 Å². The highest BCUT2D eigenvalue weighted by molar-refractivity contribution is 5.79. The summed E-state index contributed by atoms with van der Waals surface area (Å²) in [4.78, 5) is 34.4. The Balaban J connectivity index is 1.64. The topological polar surface area (TPSA) is 87.2 Å². The molecule has 0 aliphatic carbocycles. The van der Waals surface area contributed by atoms with Crippen molar-refractivity contribution < 1.29 is 9.59 Å². The first kappa shape index (κ1) is 17.8. The van der Waals surface area contributed by atoms with Gasteiger partial charge in [-0.1, -0.05) is 12.1 Å². The van der Waals surface area contributed by atoms with Crippen molar-refractivity contribution in [3.63, 3.8) is 0 Å². The van der Waals surface area contributed by atoms with E-state index in [0.29, 0.717) is 26.1 Å². The van der Waals surface area contributed by atoms with Gasteiger partial charge in [-0.15, -0.1) is 0 Å². The van der Waals surface area contributed by atoms with Gasteiger partial charge in [0.05, 0.1) is 12.2 Å². The van der Waals surface area contributed by atoms with Crippen LogP contribution in [0.3, 0.4) is 0 Å². The van der Waals surface area contributed by atoms with Gasteiger partial charge in [-0.2, -0.15) is 0 Å². The van der Waals surface area contributed by atoms with Crippen LogP contribution in [0.4, 0.5) is 4.79 Å². The molecule has 1 fully saturated rings. The van der Waals surface area contributed by atoms with E-state index in [4.69, 9.17) is 0 Å². The van der Waals surface area contributed by atoms with Gasteiger partial charge in [-0.25, -0.2) is 4.79 Å². The molecule has 1 atom stereocenters. The Morgan fingerprint density at radius 3 is 2.92 bits per heavy atom. The number of carbonyl (C=O) groups is 2. The molecule has 0 radical (unpaired) electrons. The number of rotatable bonds is 6. The fraction of sp³-hybridized carbons (Fsp3) is 0.368. The van der Waals surface area contributed by atoms with Crippen LogP contribution in [0.25, 0.3) is 0 Å². The van der Waals surface area contributed by atoms with Crippen LogP contribution in [0.5, 0.6) is 0 Å². The molecule has 3 rings (SSSR count). The lowest BCUT2D eigenvalue weighted by Crippen LogP contribution is -2.45. The first-order valence-corrected chi connectivity index (χ1v) is 8.74. The standard InChI is InChI=1S/C19H23N5O2/c1-14-4-2-6-16(22-14)11-21-19(26)24(12-15-5-3-9-20-10-15)13-17-7-8-18(25)23-17/h2-6,9-10,17H,7-8,11-13H2,1H3,(H,21,26)(H,23,25)/t17-/m0/s1. The van der Waals surface area contributed by atoms with E-state index in [2.05, 4.69) is 20.6 Å². The summed E-state index contributed by atoms with van der Waals surface area (Å²) in [5.41, 5.74) is 2.67. The smallest absolute Gasteiger partial charge is 0.318 e. The molecule has 3 heterocycles. The summed E-state index contributed by atoms with van der Waals surface area (Å²) < 4.78 is 0. The lowest BCUT2D eigenvalue weighted by atomic mass is 10.2. The molecule has 1 aliphatic heterocycles. The molecule has 2 N–H and O–H groups in total. The third-order valence-electron chi connectivity index (χ3n) is 4.28. The molecule has 136 valence electrons. The van der Waals surface area contributed by atoms with Crippen molar-refractivity contribution in [2.75, 3.05) is 6.54 Å². The highest BCUT2D eigenvalue weighted by atomic mass is 16.2. The first-order valence-electron chi connectivity index (χ1n) is 8.74. The average molecular weight is 353 g/mol. The maximum absolute atomic E-state index is 12.7. The van der Waals surface area contributed by atoms with Crippen molar-refractivity contribution >= 4 is 11.9 Å². The van der Waals surface area contributed by atoms with Gasteiger partial charge >= 0.3 is 6.03 Å². The summed E-state index contributed by atoms with van der Waals surface area (Å²) in [7, 11) is 0. The van der Waals surface area contributed by atoms with E-state index in [1.54, 1.807) is 17.3 Å². The monoisotopic (exact) mass is 353 g/mol.